The van der Waals surface area contributed by atoms with Gasteiger partial charge < -0.3 is 15.3 Å². The van der Waals surface area contributed by atoms with Crippen LogP contribution in [0.15, 0.2) is 77.5 Å². The number of nitroso groups, excluding NO2 is 1. The number of rotatable bonds is 4. The topological polar surface area (TPSA) is 108 Å². The van der Waals surface area contributed by atoms with E-state index < -0.39 is 0 Å². The number of aromatic amines is 1. The SMILES string of the molecule is O=Nc1ccc2[nH]c(-c3ccc(NC(=O)C4=Cc5ccccc5OC4)cc3)[n+](O)c2c1. The Labute approximate surface area is 176 Å². The van der Waals surface area contributed by atoms with Crippen molar-refractivity contribution in [2.75, 3.05) is 11.9 Å². The molecule has 0 aliphatic carbocycles. The molecule has 1 aliphatic heterocycles. The van der Waals surface area contributed by atoms with Crippen molar-refractivity contribution in [1.29, 1.82) is 0 Å². The van der Waals surface area contributed by atoms with Crippen molar-refractivity contribution >= 4 is 34.4 Å². The van der Waals surface area contributed by atoms with Crippen molar-refractivity contribution in [3.8, 4) is 17.1 Å². The van der Waals surface area contributed by atoms with Crippen molar-refractivity contribution in [3.63, 3.8) is 0 Å². The molecule has 1 aromatic heterocycles. The van der Waals surface area contributed by atoms with E-state index in [4.69, 9.17) is 4.74 Å². The van der Waals surface area contributed by atoms with Gasteiger partial charge in [-0.2, -0.15) is 0 Å². The van der Waals surface area contributed by atoms with Gasteiger partial charge in [0.05, 0.1) is 11.1 Å². The van der Waals surface area contributed by atoms with Gasteiger partial charge in [-0.05, 0) is 58.4 Å². The molecule has 1 aliphatic rings. The number of nitrogens with one attached hydrogen (secondary N) is 2. The number of para-hydroxylation sites is 1. The van der Waals surface area contributed by atoms with E-state index in [1.54, 1.807) is 36.4 Å². The van der Waals surface area contributed by atoms with E-state index in [1.165, 1.54) is 6.07 Å². The van der Waals surface area contributed by atoms with Crippen molar-refractivity contribution in [1.82, 2.24) is 4.98 Å². The van der Waals surface area contributed by atoms with E-state index in [0.717, 1.165) is 16.0 Å². The zero-order valence-electron chi connectivity index (χ0n) is 16.2. The number of fused-ring (bicyclic) bond motifs is 2. The number of amides is 1. The molecule has 0 fully saturated rings. The monoisotopic (exact) mass is 413 g/mol. The van der Waals surface area contributed by atoms with Crippen molar-refractivity contribution in [3.05, 3.63) is 82.8 Å². The van der Waals surface area contributed by atoms with Crippen LogP contribution in [-0.4, -0.2) is 22.7 Å². The van der Waals surface area contributed by atoms with Crippen molar-refractivity contribution < 1.29 is 19.5 Å². The molecule has 8 nitrogen and oxygen atoms in total. The Kier molecular flexibility index (Phi) is 4.44. The average Bonchev–Trinajstić information content (AvgIpc) is 3.15. The smallest absolute Gasteiger partial charge is 0.327 e. The third-order valence-electron chi connectivity index (χ3n) is 5.12. The zero-order chi connectivity index (χ0) is 21.4. The number of carbonyl (C=O) groups is 1. The summed E-state index contributed by atoms with van der Waals surface area (Å²) in [5.41, 5.74) is 4.04. The highest BCUT2D eigenvalue weighted by Crippen LogP contribution is 2.27. The van der Waals surface area contributed by atoms with Gasteiger partial charge in [-0.15, -0.1) is 4.91 Å². The van der Waals surface area contributed by atoms with Crippen LogP contribution in [0.25, 0.3) is 28.5 Å². The summed E-state index contributed by atoms with van der Waals surface area (Å²) in [5, 5.41) is 16.2. The van der Waals surface area contributed by atoms with E-state index in [1.807, 2.05) is 30.3 Å². The molecule has 152 valence electrons. The first-order valence-corrected chi connectivity index (χ1v) is 9.57. The molecule has 0 radical (unpaired) electrons. The van der Waals surface area contributed by atoms with Crippen LogP contribution in [0, 0.1) is 4.91 Å². The largest absolute Gasteiger partial charge is 0.488 e. The maximum absolute atomic E-state index is 12.6. The molecule has 0 spiro atoms. The number of ether oxygens (including phenoxy) is 1. The minimum Gasteiger partial charge on any atom is -0.488 e. The third kappa shape index (κ3) is 3.40. The lowest BCUT2D eigenvalue weighted by Crippen LogP contribution is -2.30. The summed E-state index contributed by atoms with van der Waals surface area (Å²) in [7, 11) is 0. The Bertz CT molecular complexity index is 1360. The maximum atomic E-state index is 12.6. The van der Waals surface area contributed by atoms with Gasteiger partial charge >= 0.3 is 5.82 Å². The fourth-order valence-corrected chi connectivity index (χ4v) is 3.52. The second-order valence-electron chi connectivity index (χ2n) is 7.11. The Morgan fingerprint density at radius 3 is 2.71 bits per heavy atom. The molecule has 1 amide bonds. The van der Waals surface area contributed by atoms with Gasteiger partial charge in [-0.25, -0.2) is 4.98 Å². The second-order valence-corrected chi connectivity index (χ2v) is 7.11. The van der Waals surface area contributed by atoms with E-state index in [-0.39, 0.29) is 18.2 Å². The molecule has 5 rings (SSSR count). The summed E-state index contributed by atoms with van der Waals surface area (Å²) in [6, 6.07) is 19.3. The summed E-state index contributed by atoms with van der Waals surface area (Å²) in [5.74, 6) is 0.963. The van der Waals surface area contributed by atoms with E-state index in [0.29, 0.717) is 33.7 Å². The van der Waals surface area contributed by atoms with Gasteiger partial charge in [0.25, 0.3) is 5.91 Å². The third-order valence-corrected chi connectivity index (χ3v) is 5.12. The Morgan fingerprint density at radius 1 is 1.10 bits per heavy atom. The quantitative estimate of drug-likeness (QED) is 0.265. The summed E-state index contributed by atoms with van der Waals surface area (Å²) in [6.07, 6.45) is 1.82. The number of carbonyl (C=O) groups excluding carboxylic acids is 1. The highest BCUT2D eigenvalue weighted by Gasteiger charge is 2.21. The number of anilines is 1. The molecule has 2 heterocycles. The van der Waals surface area contributed by atoms with Crippen LogP contribution < -0.4 is 14.8 Å². The number of hydrogen-bond donors (Lipinski definition) is 3. The lowest BCUT2D eigenvalue weighted by Gasteiger charge is -2.17. The Hall–Kier alpha value is -4.46. The lowest BCUT2D eigenvalue weighted by atomic mass is 10.1. The zero-order valence-corrected chi connectivity index (χ0v) is 16.2. The lowest BCUT2D eigenvalue weighted by molar-refractivity contribution is -0.875. The summed E-state index contributed by atoms with van der Waals surface area (Å²) in [6.45, 7) is 0.206. The van der Waals surface area contributed by atoms with Crippen LogP contribution in [0.4, 0.5) is 11.4 Å². The standard InChI is InChI=1S/C23H16N4O4/c28-23(16-11-15-3-1-2-4-21(15)31-13-16)24-17-7-5-14(6-8-17)22-25-19-10-9-18(26-29)12-20(19)27(22)30/h1-12,30H,13H2,(H,24,25,28,29)/p+1. The predicted molar refractivity (Wildman–Crippen MR) is 115 cm³/mol. The summed E-state index contributed by atoms with van der Waals surface area (Å²) < 4.78 is 6.61. The molecular formula is C23H17N4O4+. The van der Waals surface area contributed by atoms with E-state index in [2.05, 4.69) is 15.5 Å². The van der Waals surface area contributed by atoms with Gasteiger partial charge in [0.2, 0.25) is 5.52 Å². The normalized spacial score (nSPS) is 12.6. The van der Waals surface area contributed by atoms with Crippen molar-refractivity contribution in [2.45, 2.75) is 0 Å². The number of benzene rings is 3. The number of imidazole rings is 1. The van der Waals surface area contributed by atoms with Crippen LogP contribution in [0.3, 0.4) is 0 Å². The highest BCUT2D eigenvalue weighted by molar-refractivity contribution is 6.07. The average molecular weight is 413 g/mol. The fourth-order valence-electron chi connectivity index (χ4n) is 3.52. The Morgan fingerprint density at radius 2 is 1.90 bits per heavy atom. The first kappa shape index (κ1) is 18.6. The van der Waals surface area contributed by atoms with Gasteiger partial charge in [0, 0.05) is 17.3 Å². The van der Waals surface area contributed by atoms with Gasteiger partial charge in [-0.3, -0.25) is 4.79 Å². The van der Waals surface area contributed by atoms with Gasteiger partial charge in [-0.1, -0.05) is 18.2 Å². The number of H-pyrrole nitrogens is 1. The Balaban J connectivity index is 1.37. The summed E-state index contributed by atoms with van der Waals surface area (Å²) in [4.78, 5) is 26.5. The molecule has 0 saturated heterocycles. The molecule has 3 N–H and O–H groups in total. The van der Waals surface area contributed by atoms with Crippen LogP contribution in [0.5, 0.6) is 5.75 Å². The minimum absolute atomic E-state index is 0.206. The summed E-state index contributed by atoms with van der Waals surface area (Å²) >= 11 is 0. The van der Waals surface area contributed by atoms with Crippen LogP contribution in [0.2, 0.25) is 0 Å². The molecule has 0 saturated carbocycles. The fraction of sp³-hybridized carbons (Fsp3) is 0.0435. The number of nitrogens with zero attached hydrogens (tertiary/aromatic N) is 2. The van der Waals surface area contributed by atoms with Crippen LogP contribution in [0.1, 0.15) is 5.56 Å². The van der Waals surface area contributed by atoms with Crippen LogP contribution in [-0.2, 0) is 4.79 Å². The van der Waals surface area contributed by atoms with Gasteiger partial charge in [0.1, 0.15) is 18.0 Å². The van der Waals surface area contributed by atoms with E-state index >= 15 is 0 Å². The minimum atomic E-state index is -0.237. The molecule has 8 heteroatoms. The molecule has 31 heavy (non-hydrogen) atoms. The van der Waals surface area contributed by atoms with E-state index in [9.17, 15) is 14.9 Å². The maximum Gasteiger partial charge on any atom is 0.327 e. The van der Waals surface area contributed by atoms with Crippen LogP contribution >= 0.6 is 0 Å². The molecule has 0 unspecified atom stereocenters. The predicted octanol–water partition coefficient (Wildman–Crippen LogP) is 4.17. The molecule has 3 aromatic carbocycles. The highest BCUT2D eigenvalue weighted by atomic mass is 16.5. The van der Waals surface area contributed by atoms with Crippen molar-refractivity contribution in [2.24, 2.45) is 5.18 Å². The number of hydrogen-bond acceptors (Lipinski definition) is 5. The first-order chi connectivity index (χ1) is 15.1. The molecule has 0 bridgehead atoms. The molecular weight excluding hydrogens is 396 g/mol. The molecule has 0 atom stereocenters. The molecule has 4 aromatic rings. The van der Waals surface area contributed by atoms with Gasteiger partial charge in [0.15, 0.2) is 5.52 Å². The first-order valence-electron chi connectivity index (χ1n) is 9.57. The second kappa shape index (κ2) is 7.42. The number of aromatic nitrogens is 2.